The van der Waals surface area contributed by atoms with Crippen LogP contribution >= 0.6 is 0 Å². The first-order chi connectivity index (χ1) is 8.65. The number of nitrogens with two attached hydrogens (primary N) is 1. The molecule has 0 saturated heterocycles. The molecule has 98 valence electrons. The highest BCUT2D eigenvalue weighted by Gasteiger charge is 2.17. The van der Waals surface area contributed by atoms with E-state index in [0.717, 1.165) is 24.9 Å². The average molecular weight is 246 g/mol. The Morgan fingerprint density at radius 3 is 2.72 bits per heavy atom. The fourth-order valence-electron chi connectivity index (χ4n) is 1.82. The van der Waals surface area contributed by atoms with Crippen molar-refractivity contribution in [1.29, 1.82) is 0 Å². The second kappa shape index (κ2) is 7.67. The van der Waals surface area contributed by atoms with E-state index in [1.807, 2.05) is 36.4 Å². The molecular formula is C15H22N2O. The van der Waals surface area contributed by atoms with Crippen molar-refractivity contribution in [3.05, 3.63) is 48.6 Å². The summed E-state index contributed by atoms with van der Waals surface area (Å²) < 4.78 is 0. The molecule has 0 fully saturated rings. The van der Waals surface area contributed by atoms with Crippen molar-refractivity contribution >= 4 is 5.91 Å². The molecule has 0 radical (unpaired) electrons. The van der Waals surface area contributed by atoms with Gasteiger partial charge in [-0.05, 0) is 24.8 Å². The molecule has 0 aromatic heterocycles. The Balaban J connectivity index is 2.43. The van der Waals surface area contributed by atoms with Gasteiger partial charge in [0.15, 0.2) is 0 Å². The summed E-state index contributed by atoms with van der Waals surface area (Å²) in [4.78, 5) is 13.7. The van der Waals surface area contributed by atoms with Gasteiger partial charge in [0.2, 0.25) is 5.91 Å². The Bertz CT molecular complexity index is 375. The first kappa shape index (κ1) is 14.5. The fourth-order valence-corrected chi connectivity index (χ4v) is 1.82. The van der Waals surface area contributed by atoms with E-state index in [2.05, 4.69) is 6.58 Å². The summed E-state index contributed by atoms with van der Waals surface area (Å²) in [6.45, 7) is 4.39. The first-order valence-corrected chi connectivity index (χ1v) is 6.30. The van der Waals surface area contributed by atoms with Crippen LogP contribution in [0, 0.1) is 0 Å². The highest BCUT2D eigenvalue weighted by atomic mass is 16.2. The van der Waals surface area contributed by atoms with Crippen molar-refractivity contribution in [1.82, 2.24) is 4.90 Å². The van der Waals surface area contributed by atoms with Crippen LogP contribution < -0.4 is 5.73 Å². The van der Waals surface area contributed by atoms with E-state index < -0.39 is 6.04 Å². The number of hydrogen-bond acceptors (Lipinski definition) is 2. The zero-order valence-corrected chi connectivity index (χ0v) is 11.0. The lowest BCUT2D eigenvalue weighted by molar-refractivity contribution is -0.131. The molecule has 0 unspecified atom stereocenters. The maximum Gasteiger partial charge on any atom is 0.239 e. The fraction of sp³-hybridized carbons (Fsp3) is 0.400. The van der Waals surface area contributed by atoms with Crippen LogP contribution in [0.25, 0.3) is 0 Å². The van der Waals surface area contributed by atoms with Gasteiger partial charge in [-0.2, -0.15) is 0 Å². The minimum absolute atomic E-state index is 0.00270. The number of allylic oxidation sites excluding steroid dienone is 1. The van der Waals surface area contributed by atoms with E-state index in [-0.39, 0.29) is 5.91 Å². The summed E-state index contributed by atoms with van der Waals surface area (Å²) in [6, 6.07) is 9.40. The molecule has 3 nitrogen and oxygen atoms in total. The predicted molar refractivity (Wildman–Crippen MR) is 75.2 cm³/mol. The standard InChI is InChI=1S/C15H22N2O/c1-3-4-8-11-17(2)15(18)14(16)12-13-9-6-5-7-10-13/h3,5-7,9-10,14H,1,4,8,11-12,16H2,2H3/t14-/m0/s1. The molecule has 0 bridgehead atoms. The normalized spacial score (nSPS) is 11.9. The number of carbonyl (C=O) groups is 1. The molecule has 1 amide bonds. The maximum atomic E-state index is 12.0. The van der Waals surface area contributed by atoms with Crippen LogP contribution in [-0.2, 0) is 11.2 Å². The van der Waals surface area contributed by atoms with E-state index in [4.69, 9.17) is 5.73 Å². The van der Waals surface area contributed by atoms with Crippen LogP contribution in [-0.4, -0.2) is 30.4 Å². The van der Waals surface area contributed by atoms with Gasteiger partial charge in [-0.1, -0.05) is 36.4 Å². The van der Waals surface area contributed by atoms with Gasteiger partial charge in [-0.3, -0.25) is 4.79 Å². The van der Waals surface area contributed by atoms with E-state index >= 15 is 0 Å². The second-order valence-corrected chi connectivity index (χ2v) is 4.49. The molecule has 2 N–H and O–H groups in total. The Labute approximate surface area is 109 Å². The van der Waals surface area contributed by atoms with Crippen LogP contribution in [0.15, 0.2) is 43.0 Å². The van der Waals surface area contributed by atoms with Gasteiger partial charge in [0.05, 0.1) is 6.04 Å². The molecule has 1 aromatic rings. The third kappa shape index (κ3) is 4.72. The van der Waals surface area contributed by atoms with Crippen molar-refractivity contribution < 1.29 is 4.79 Å². The minimum Gasteiger partial charge on any atom is -0.344 e. The Kier molecular flexibility index (Phi) is 6.15. The van der Waals surface area contributed by atoms with Gasteiger partial charge in [-0.15, -0.1) is 6.58 Å². The molecule has 0 aliphatic carbocycles. The van der Waals surface area contributed by atoms with Gasteiger partial charge in [0.1, 0.15) is 0 Å². The number of benzene rings is 1. The topological polar surface area (TPSA) is 46.3 Å². The minimum atomic E-state index is -0.457. The molecule has 0 aliphatic rings. The first-order valence-electron chi connectivity index (χ1n) is 6.30. The number of amides is 1. The quantitative estimate of drug-likeness (QED) is 0.590. The molecule has 1 rings (SSSR count). The number of likely N-dealkylation sites (N-methyl/N-ethyl adjacent to an activating group) is 1. The monoisotopic (exact) mass is 246 g/mol. The van der Waals surface area contributed by atoms with Crippen LogP contribution in [0.4, 0.5) is 0 Å². The molecular weight excluding hydrogens is 224 g/mol. The Morgan fingerprint density at radius 1 is 1.44 bits per heavy atom. The molecule has 1 aromatic carbocycles. The Hall–Kier alpha value is -1.61. The van der Waals surface area contributed by atoms with Gasteiger partial charge < -0.3 is 10.6 Å². The summed E-state index contributed by atoms with van der Waals surface area (Å²) >= 11 is 0. The number of carbonyl (C=O) groups excluding carboxylic acids is 1. The van der Waals surface area contributed by atoms with Gasteiger partial charge in [0.25, 0.3) is 0 Å². The van der Waals surface area contributed by atoms with Crippen molar-refractivity contribution in [3.8, 4) is 0 Å². The lowest BCUT2D eigenvalue weighted by atomic mass is 10.1. The zero-order chi connectivity index (χ0) is 13.4. The summed E-state index contributed by atoms with van der Waals surface area (Å²) in [5.41, 5.74) is 7.04. The SMILES string of the molecule is C=CCCCN(C)C(=O)[C@@H](N)Cc1ccccc1. The molecule has 18 heavy (non-hydrogen) atoms. The van der Waals surface area contributed by atoms with Crippen LogP contribution in [0.3, 0.4) is 0 Å². The van der Waals surface area contributed by atoms with E-state index in [9.17, 15) is 4.79 Å². The highest BCUT2D eigenvalue weighted by molar-refractivity contribution is 5.81. The smallest absolute Gasteiger partial charge is 0.239 e. The van der Waals surface area contributed by atoms with Crippen LogP contribution in [0.5, 0.6) is 0 Å². The molecule has 0 spiro atoms. The molecule has 3 heteroatoms. The Morgan fingerprint density at radius 2 is 2.11 bits per heavy atom. The van der Waals surface area contributed by atoms with Crippen molar-refractivity contribution in [3.63, 3.8) is 0 Å². The average Bonchev–Trinajstić information content (AvgIpc) is 2.39. The van der Waals surface area contributed by atoms with E-state index in [1.54, 1.807) is 11.9 Å². The van der Waals surface area contributed by atoms with Gasteiger partial charge in [-0.25, -0.2) is 0 Å². The lowest BCUT2D eigenvalue weighted by Gasteiger charge is -2.21. The van der Waals surface area contributed by atoms with E-state index in [1.165, 1.54) is 0 Å². The summed E-state index contributed by atoms with van der Waals surface area (Å²) in [5, 5.41) is 0. The summed E-state index contributed by atoms with van der Waals surface area (Å²) in [7, 11) is 1.80. The van der Waals surface area contributed by atoms with Crippen LogP contribution in [0.1, 0.15) is 18.4 Å². The zero-order valence-electron chi connectivity index (χ0n) is 11.0. The molecule has 0 saturated carbocycles. The molecule has 1 atom stereocenters. The maximum absolute atomic E-state index is 12.0. The summed E-state index contributed by atoms with van der Waals surface area (Å²) in [6.07, 6.45) is 4.31. The molecule has 0 heterocycles. The number of rotatable bonds is 7. The van der Waals surface area contributed by atoms with Crippen molar-refractivity contribution in [2.75, 3.05) is 13.6 Å². The number of nitrogens with zero attached hydrogens (tertiary/aromatic N) is 1. The van der Waals surface area contributed by atoms with Crippen LogP contribution in [0.2, 0.25) is 0 Å². The van der Waals surface area contributed by atoms with Gasteiger partial charge in [0, 0.05) is 13.6 Å². The van der Waals surface area contributed by atoms with E-state index in [0.29, 0.717) is 6.42 Å². The van der Waals surface area contributed by atoms with Gasteiger partial charge >= 0.3 is 0 Å². The number of unbranched alkanes of at least 4 members (excludes halogenated alkanes) is 1. The third-order valence-electron chi connectivity index (χ3n) is 2.89. The van der Waals surface area contributed by atoms with Crippen molar-refractivity contribution in [2.24, 2.45) is 5.73 Å². The molecule has 0 aliphatic heterocycles. The largest absolute Gasteiger partial charge is 0.344 e. The predicted octanol–water partition coefficient (Wildman–Crippen LogP) is 1.98. The summed E-state index contributed by atoms with van der Waals surface area (Å²) in [5.74, 6) is 0.00270. The van der Waals surface area contributed by atoms with Crippen molar-refractivity contribution in [2.45, 2.75) is 25.3 Å². The highest BCUT2D eigenvalue weighted by Crippen LogP contribution is 2.04. The second-order valence-electron chi connectivity index (χ2n) is 4.49. The third-order valence-corrected chi connectivity index (χ3v) is 2.89. The number of hydrogen-bond donors (Lipinski definition) is 1. The lowest BCUT2D eigenvalue weighted by Crippen LogP contribution is -2.43.